The normalized spacial score (nSPS) is 13.6. The molecule has 51 heavy (non-hydrogen) atoms. The smallest absolute Gasteiger partial charge is 0.462 e. The number of rotatable bonds is 39. The zero-order valence-electron chi connectivity index (χ0n) is 32.8. The highest BCUT2D eigenvalue weighted by Crippen LogP contribution is 2.43. The molecule has 1 unspecified atom stereocenters. The van der Waals surface area contributed by atoms with E-state index < -0.39 is 26.5 Å². The Labute approximate surface area is 312 Å². The summed E-state index contributed by atoms with van der Waals surface area (Å²) in [6, 6.07) is 0. The van der Waals surface area contributed by atoms with Crippen molar-refractivity contribution in [1.29, 1.82) is 0 Å². The molecule has 0 saturated heterocycles. The molecular formula is C41H78NO8P. The molecule has 0 heterocycles. The van der Waals surface area contributed by atoms with Gasteiger partial charge in [-0.3, -0.25) is 18.6 Å². The molecule has 2 atom stereocenters. The van der Waals surface area contributed by atoms with E-state index in [2.05, 4.69) is 38.2 Å². The number of carbonyl (C=O) groups is 2. The van der Waals surface area contributed by atoms with Gasteiger partial charge in [0.05, 0.1) is 13.2 Å². The lowest BCUT2D eigenvalue weighted by atomic mass is 10.0. The lowest BCUT2D eigenvalue weighted by molar-refractivity contribution is -0.161. The van der Waals surface area contributed by atoms with Crippen molar-refractivity contribution in [3.8, 4) is 0 Å². The van der Waals surface area contributed by atoms with Gasteiger partial charge in [-0.25, -0.2) is 4.57 Å². The Balaban J connectivity index is 4.20. The quantitative estimate of drug-likeness (QED) is 0.0273. The lowest BCUT2D eigenvalue weighted by Gasteiger charge is -2.19. The van der Waals surface area contributed by atoms with Crippen molar-refractivity contribution < 1.29 is 37.6 Å². The molecule has 0 spiro atoms. The summed E-state index contributed by atoms with van der Waals surface area (Å²) in [6.07, 6.45) is 39.2. The lowest BCUT2D eigenvalue weighted by Crippen LogP contribution is -2.29. The molecular weight excluding hydrogens is 665 g/mol. The molecule has 3 N–H and O–H groups in total. The summed E-state index contributed by atoms with van der Waals surface area (Å²) in [4.78, 5) is 34.8. The number of ether oxygens (including phenoxy) is 2. The summed E-state index contributed by atoms with van der Waals surface area (Å²) in [7, 11) is -4.37. The van der Waals surface area contributed by atoms with Crippen molar-refractivity contribution in [3.05, 3.63) is 24.3 Å². The van der Waals surface area contributed by atoms with Crippen LogP contribution in [-0.4, -0.2) is 49.3 Å². The summed E-state index contributed by atoms with van der Waals surface area (Å²) >= 11 is 0. The molecule has 0 aromatic rings. The largest absolute Gasteiger partial charge is 0.472 e. The summed E-state index contributed by atoms with van der Waals surface area (Å²) < 4.78 is 32.7. The number of esters is 2. The Morgan fingerprint density at radius 1 is 0.588 bits per heavy atom. The minimum absolute atomic E-state index is 0.0517. The number of phosphoric ester groups is 1. The molecule has 0 aliphatic heterocycles. The maximum Gasteiger partial charge on any atom is 0.472 e. The number of nitrogens with two attached hydrogens (primary N) is 1. The first-order valence-electron chi connectivity index (χ1n) is 20.8. The molecule has 0 bridgehead atoms. The third-order valence-corrected chi connectivity index (χ3v) is 9.82. The van der Waals surface area contributed by atoms with Crippen LogP contribution in [0.2, 0.25) is 0 Å². The maximum atomic E-state index is 12.5. The Bertz CT molecular complexity index is 897. The molecule has 0 rings (SSSR count). The average molecular weight is 744 g/mol. The minimum atomic E-state index is -4.37. The summed E-state index contributed by atoms with van der Waals surface area (Å²) in [5.41, 5.74) is 5.34. The van der Waals surface area contributed by atoms with Gasteiger partial charge in [-0.2, -0.15) is 0 Å². The van der Waals surface area contributed by atoms with Crippen LogP contribution in [0.15, 0.2) is 24.3 Å². The van der Waals surface area contributed by atoms with Gasteiger partial charge in [-0.05, 0) is 44.9 Å². The average Bonchev–Trinajstić information content (AvgIpc) is 3.11. The molecule has 0 aliphatic carbocycles. The van der Waals surface area contributed by atoms with E-state index in [-0.39, 0.29) is 38.6 Å². The van der Waals surface area contributed by atoms with Gasteiger partial charge in [-0.15, -0.1) is 0 Å². The number of phosphoric acid groups is 1. The van der Waals surface area contributed by atoms with Crippen LogP contribution in [-0.2, 0) is 32.7 Å². The predicted molar refractivity (Wildman–Crippen MR) is 211 cm³/mol. The fourth-order valence-corrected chi connectivity index (χ4v) is 6.49. The zero-order chi connectivity index (χ0) is 37.5. The topological polar surface area (TPSA) is 134 Å². The Morgan fingerprint density at radius 2 is 1.02 bits per heavy atom. The molecule has 0 saturated carbocycles. The monoisotopic (exact) mass is 744 g/mol. The minimum Gasteiger partial charge on any atom is -0.462 e. The number of carbonyl (C=O) groups excluding carboxylic acids is 2. The number of allylic oxidation sites excluding steroid dienone is 4. The summed E-state index contributed by atoms with van der Waals surface area (Å²) in [6.45, 7) is 3.71. The van der Waals surface area contributed by atoms with E-state index in [0.717, 1.165) is 51.4 Å². The van der Waals surface area contributed by atoms with Crippen molar-refractivity contribution in [2.45, 2.75) is 200 Å². The first-order chi connectivity index (χ1) is 24.8. The second kappa shape index (κ2) is 38.2. The van der Waals surface area contributed by atoms with Crippen molar-refractivity contribution >= 4 is 19.8 Å². The molecule has 0 aliphatic rings. The standard InChI is InChI=1S/C41H78NO8P/c1-3-5-7-9-11-13-15-17-19-20-22-24-26-28-30-32-34-41(44)50-39(38-49-51(45,46)48-36-35-42)37-47-40(43)33-31-29-27-25-23-21-18-16-14-12-10-8-6-4-2/h15,17,20,22,39H,3-14,16,18-19,21,23-38,42H2,1-2H3,(H,45,46)/b17-15+,22-20+/t39-/m1/s1. The van der Waals surface area contributed by atoms with Crippen LogP contribution in [0.1, 0.15) is 194 Å². The van der Waals surface area contributed by atoms with Crippen LogP contribution < -0.4 is 5.73 Å². The Hall–Kier alpha value is -1.51. The first-order valence-corrected chi connectivity index (χ1v) is 22.3. The maximum absolute atomic E-state index is 12.5. The highest BCUT2D eigenvalue weighted by molar-refractivity contribution is 7.47. The first kappa shape index (κ1) is 49.5. The second-order valence-corrected chi connectivity index (χ2v) is 15.3. The molecule has 0 fully saturated rings. The van der Waals surface area contributed by atoms with Crippen LogP contribution >= 0.6 is 7.82 Å². The summed E-state index contributed by atoms with van der Waals surface area (Å²) in [5.74, 6) is -0.844. The molecule has 10 heteroatoms. The van der Waals surface area contributed by atoms with Crippen LogP contribution in [0.3, 0.4) is 0 Å². The van der Waals surface area contributed by atoms with Gasteiger partial charge in [0.2, 0.25) is 0 Å². The molecule has 9 nitrogen and oxygen atoms in total. The molecule has 0 radical (unpaired) electrons. The van der Waals surface area contributed by atoms with Gasteiger partial charge in [0.25, 0.3) is 0 Å². The molecule has 300 valence electrons. The second-order valence-electron chi connectivity index (χ2n) is 13.9. The fraction of sp³-hybridized carbons (Fsp3) is 0.854. The zero-order valence-corrected chi connectivity index (χ0v) is 33.7. The van der Waals surface area contributed by atoms with Crippen molar-refractivity contribution in [3.63, 3.8) is 0 Å². The number of hydrogen-bond acceptors (Lipinski definition) is 8. The Kier molecular flexibility index (Phi) is 37.1. The van der Waals surface area contributed by atoms with E-state index in [1.165, 1.54) is 109 Å². The van der Waals surface area contributed by atoms with Crippen LogP contribution in [0.4, 0.5) is 0 Å². The third-order valence-electron chi connectivity index (χ3n) is 8.84. The van der Waals surface area contributed by atoms with E-state index in [9.17, 15) is 19.0 Å². The van der Waals surface area contributed by atoms with Gasteiger partial charge < -0.3 is 20.1 Å². The van der Waals surface area contributed by atoms with Gasteiger partial charge >= 0.3 is 19.8 Å². The summed E-state index contributed by atoms with van der Waals surface area (Å²) in [5, 5.41) is 0. The Morgan fingerprint density at radius 3 is 1.49 bits per heavy atom. The van der Waals surface area contributed by atoms with Gasteiger partial charge in [0.1, 0.15) is 6.61 Å². The molecule has 0 aromatic heterocycles. The predicted octanol–water partition coefficient (Wildman–Crippen LogP) is 11.6. The van der Waals surface area contributed by atoms with Crippen molar-refractivity contribution in [2.24, 2.45) is 5.73 Å². The third kappa shape index (κ3) is 38.0. The number of unbranched alkanes of at least 4 members (excludes halogenated alkanes) is 22. The highest BCUT2D eigenvalue weighted by Gasteiger charge is 2.26. The SMILES string of the molecule is CCCCCCC/C=C/C/C=C/CCCCCCC(=O)O[C@H](COC(=O)CCCCCCCCCCCCCCCC)COP(=O)(O)OCCN. The van der Waals surface area contributed by atoms with Gasteiger partial charge in [0.15, 0.2) is 6.10 Å². The number of hydrogen-bond donors (Lipinski definition) is 2. The van der Waals surface area contributed by atoms with Crippen molar-refractivity contribution in [1.82, 2.24) is 0 Å². The highest BCUT2D eigenvalue weighted by atomic mass is 31.2. The van der Waals surface area contributed by atoms with Crippen LogP contribution in [0.25, 0.3) is 0 Å². The van der Waals surface area contributed by atoms with Crippen molar-refractivity contribution in [2.75, 3.05) is 26.4 Å². The van der Waals surface area contributed by atoms with E-state index in [0.29, 0.717) is 6.42 Å². The molecule has 0 aromatic carbocycles. The van der Waals surface area contributed by atoms with E-state index in [1.807, 2.05) is 0 Å². The van der Waals surface area contributed by atoms with Crippen LogP contribution in [0.5, 0.6) is 0 Å². The fourth-order valence-electron chi connectivity index (χ4n) is 5.72. The van der Waals surface area contributed by atoms with Gasteiger partial charge in [-0.1, -0.05) is 160 Å². The van der Waals surface area contributed by atoms with Crippen LogP contribution in [0, 0.1) is 0 Å². The van der Waals surface area contributed by atoms with E-state index >= 15 is 0 Å². The molecule has 0 amide bonds. The van der Waals surface area contributed by atoms with E-state index in [1.54, 1.807) is 0 Å². The van der Waals surface area contributed by atoms with Gasteiger partial charge in [0, 0.05) is 19.4 Å². The van der Waals surface area contributed by atoms with E-state index in [4.69, 9.17) is 24.3 Å².